The Bertz CT molecular complexity index is 478. The maximum atomic E-state index is 6.04. The van der Waals surface area contributed by atoms with Gasteiger partial charge in [-0.1, -0.05) is 17.7 Å². The van der Waals surface area contributed by atoms with Crippen LogP contribution in [0.3, 0.4) is 0 Å². The lowest BCUT2D eigenvalue weighted by Gasteiger charge is -2.06. The number of benzene rings is 1. The molecule has 5 heteroatoms. The van der Waals surface area contributed by atoms with Crippen LogP contribution in [0.25, 0.3) is 11.3 Å². The zero-order valence-electron chi connectivity index (χ0n) is 7.81. The lowest BCUT2D eigenvalue weighted by Crippen LogP contribution is -1.97. The van der Waals surface area contributed by atoms with Gasteiger partial charge in [0.15, 0.2) is 0 Å². The average molecular weight is 221 g/mol. The third kappa shape index (κ3) is 1.85. The van der Waals surface area contributed by atoms with Crippen LogP contribution in [0, 0.1) is 0 Å². The molecule has 0 spiro atoms. The Balaban J connectivity index is 2.63. The van der Waals surface area contributed by atoms with E-state index in [-0.39, 0.29) is 5.95 Å². The first-order valence-electron chi connectivity index (χ1n) is 4.31. The Hall–Kier alpha value is -1.81. The highest BCUT2D eigenvalue weighted by atomic mass is 35.5. The summed E-state index contributed by atoms with van der Waals surface area (Å²) in [5.41, 5.74) is 13.2. The zero-order valence-corrected chi connectivity index (χ0v) is 8.57. The van der Waals surface area contributed by atoms with E-state index in [1.165, 1.54) is 0 Å². The van der Waals surface area contributed by atoms with Crippen LogP contribution in [0.1, 0.15) is 0 Å². The molecular weight excluding hydrogens is 212 g/mol. The highest BCUT2D eigenvalue weighted by Crippen LogP contribution is 2.31. The Morgan fingerprint density at radius 3 is 2.60 bits per heavy atom. The molecule has 0 aliphatic carbocycles. The molecule has 0 aliphatic rings. The van der Waals surface area contributed by atoms with Gasteiger partial charge < -0.3 is 11.5 Å². The molecule has 0 unspecified atom stereocenters. The number of nitrogens with two attached hydrogens (primary N) is 2. The Labute approximate surface area is 91.9 Å². The summed E-state index contributed by atoms with van der Waals surface area (Å²) in [7, 11) is 0. The van der Waals surface area contributed by atoms with E-state index in [9.17, 15) is 0 Å². The first-order valence-corrected chi connectivity index (χ1v) is 4.69. The number of nitrogen functional groups attached to an aromatic ring is 2. The third-order valence-electron chi connectivity index (χ3n) is 1.98. The second-order valence-corrected chi connectivity index (χ2v) is 3.41. The van der Waals surface area contributed by atoms with Crippen LogP contribution in [0.2, 0.25) is 5.02 Å². The summed E-state index contributed by atoms with van der Waals surface area (Å²) in [5, 5.41) is 0.549. The normalized spacial score (nSPS) is 10.2. The number of nitrogens with zero attached hydrogens (tertiary/aromatic N) is 2. The molecule has 76 valence electrons. The van der Waals surface area contributed by atoms with Gasteiger partial charge >= 0.3 is 0 Å². The van der Waals surface area contributed by atoms with Crippen LogP contribution < -0.4 is 11.5 Å². The maximum absolute atomic E-state index is 6.04. The van der Waals surface area contributed by atoms with Gasteiger partial charge in [-0.2, -0.15) is 0 Å². The highest BCUT2D eigenvalue weighted by molar-refractivity contribution is 6.33. The van der Waals surface area contributed by atoms with E-state index in [0.29, 0.717) is 22.0 Å². The fourth-order valence-electron chi connectivity index (χ4n) is 1.32. The van der Waals surface area contributed by atoms with Gasteiger partial charge in [0.1, 0.15) is 0 Å². The first-order chi connectivity index (χ1) is 7.18. The van der Waals surface area contributed by atoms with Crippen LogP contribution in [0.15, 0.2) is 30.5 Å². The molecule has 0 saturated carbocycles. The molecule has 0 fully saturated rings. The van der Waals surface area contributed by atoms with Gasteiger partial charge in [-0.15, -0.1) is 0 Å². The summed E-state index contributed by atoms with van der Waals surface area (Å²) in [4.78, 5) is 7.87. The molecule has 0 saturated heterocycles. The van der Waals surface area contributed by atoms with Gasteiger partial charge in [0.25, 0.3) is 0 Å². The van der Waals surface area contributed by atoms with Crippen molar-refractivity contribution >= 4 is 23.2 Å². The van der Waals surface area contributed by atoms with Crippen molar-refractivity contribution in [1.29, 1.82) is 0 Å². The number of hydrogen-bond donors (Lipinski definition) is 2. The van der Waals surface area contributed by atoms with Crippen LogP contribution in [0.4, 0.5) is 11.6 Å². The second kappa shape index (κ2) is 3.74. The maximum Gasteiger partial charge on any atom is 0.220 e. The Morgan fingerprint density at radius 1 is 1.13 bits per heavy atom. The van der Waals surface area contributed by atoms with Gasteiger partial charge in [-0.3, -0.25) is 0 Å². The van der Waals surface area contributed by atoms with Gasteiger partial charge in [0.05, 0.1) is 10.7 Å². The summed E-state index contributed by atoms with van der Waals surface area (Å²) in [6, 6.07) is 7.02. The third-order valence-corrected chi connectivity index (χ3v) is 2.29. The molecule has 1 aromatic heterocycles. The lowest BCUT2D eigenvalue weighted by molar-refractivity contribution is 1.19. The minimum absolute atomic E-state index is 0.201. The fraction of sp³-hybridized carbons (Fsp3) is 0. The van der Waals surface area contributed by atoms with E-state index < -0.39 is 0 Å². The van der Waals surface area contributed by atoms with Crippen LogP contribution in [0.5, 0.6) is 0 Å². The SMILES string of the molecule is Nc1nccc(-c2c(N)cccc2Cl)n1. The summed E-state index contributed by atoms with van der Waals surface area (Å²) < 4.78 is 0. The molecule has 4 N–H and O–H groups in total. The van der Waals surface area contributed by atoms with Crippen molar-refractivity contribution in [1.82, 2.24) is 9.97 Å². The fourth-order valence-corrected chi connectivity index (χ4v) is 1.60. The van der Waals surface area contributed by atoms with Crippen molar-refractivity contribution in [2.45, 2.75) is 0 Å². The minimum atomic E-state index is 0.201. The van der Waals surface area contributed by atoms with Crippen LogP contribution in [-0.4, -0.2) is 9.97 Å². The molecular formula is C10H9ClN4. The molecule has 15 heavy (non-hydrogen) atoms. The van der Waals surface area contributed by atoms with Crippen molar-refractivity contribution in [2.24, 2.45) is 0 Å². The average Bonchev–Trinajstić information content (AvgIpc) is 2.17. The predicted octanol–water partition coefficient (Wildman–Crippen LogP) is 1.96. The van der Waals surface area contributed by atoms with Crippen molar-refractivity contribution in [2.75, 3.05) is 11.5 Å². The molecule has 1 heterocycles. The topological polar surface area (TPSA) is 77.8 Å². The number of hydrogen-bond acceptors (Lipinski definition) is 4. The number of halogens is 1. The van der Waals surface area contributed by atoms with E-state index in [2.05, 4.69) is 9.97 Å². The lowest BCUT2D eigenvalue weighted by atomic mass is 10.1. The summed E-state index contributed by atoms with van der Waals surface area (Å²) >= 11 is 6.04. The largest absolute Gasteiger partial charge is 0.398 e. The predicted molar refractivity (Wildman–Crippen MR) is 61.3 cm³/mol. The van der Waals surface area contributed by atoms with Crippen molar-refractivity contribution in [3.63, 3.8) is 0 Å². The zero-order chi connectivity index (χ0) is 10.8. The molecule has 0 amide bonds. The second-order valence-electron chi connectivity index (χ2n) is 3.00. The quantitative estimate of drug-likeness (QED) is 0.721. The van der Waals surface area contributed by atoms with Gasteiger partial charge in [-0.05, 0) is 18.2 Å². The van der Waals surface area contributed by atoms with E-state index in [1.807, 2.05) is 0 Å². The van der Waals surface area contributed by atoms with E-state index >= 15 is 0 Å². The molecule has 2 rings (SSSR count). The summed E-state index contributed by atoms with van der Waals surface area (Å²) in [6.07, 6.45) is 1.57. The number of aromatic nitrogens is 2. The van der Waals surface area contributed by atoms with Gasteiger partial charge in [0.2, 0.25) is 5.95 Å². The summed E-state index contributed by atoms with van der Waals surface area (Å²) in [6.45, 7) is 0. The number of rotatable bonds is 1. The highest BCUT2D eigenvalue weighted by Gasteiger charge is 2.08. The first kappa shape index (κ1) is 9.73. The molecule has 1 aromatic carbocycles. The van der Waals surface area contributed by atoms with Crippen molar-refractivity contribution in [3.05, 3.63) is 35.5 Å². The van der Waals surface area contributed by atoms with Crippen molar-refractivity contribution in [3.8, 4) is 11.3 Å². The molecule has 2 aromatic rings. The summed E-state index contributed by atoms with van der Waals surface area (Å²) in [5.74, 6) is 0.201. The van der Waals surface area contributed by atoms with E-state index in [1.54, 1.807) is 30.5 Å². The number of anilines is 2. The minimum Gasteiger partial charge on any atom is -0.398 e. The van der Waals surface area contributed by atoms with E-state index in [4.69, 9.17) is 23.1 Å². The molecule has 0 aliphatic heterocycles. The van der Waals surface area contributed by atoms with Gasteiger partial charge in [-0.25, -0.2) is 9.97 Å². The Kier molecular flexibility index (Phi) is 2.43. The molecule has 0 radical (unpaired) electrons. The smallest absolute Gasteiger partial charge is 0.220 e. The van der Waals surface area contributed by atoms with E-state index in [0.717, 1.165) is 0 Å². The van der Waals surface area contributed by atoms with Crippen molar-refractivity contribution < 1.29 is 0 Å². The van der Waals surface area contributed by atoms with Crippen LogP contribution >= 0.6 is 11.6 Å². The molecule has 0 atom stereocenters. The Morgan fingerprint density at radius 2 is 1.93 bits per heavy atom. The van der Waals surface area contributed by atoms with Crippen LogP contribution in [-0.2, 0) is 0 Å². The monoisotopic (exact) mass is 220 g/mol. The standard InChI is InChI=1S/C10H9ClN4/c11-6-2-1-3-7(12)9(6)8-4-5-14-10(13)15-8/h1-5H,12H2,(H2,13,14,15). The van der Waals surface area contributed by atoms with Gasteiger partial charge in [0, 0.05) is 17.4 Å². The molecule has 0 bridgehead atoms. The molecule has 4 nitrogen and oxygen atoms in total.